The molecule has 1 aliphatic rings. The minimum Gasteiger partial charge on any atom is -0.507 e. The van der Waals surface area contributed by atoms with Crippen molar-refractivity contribution < 1.29 is 14.6 Å². The van der Waals surface area contributed by atoms with Crippen LogP contribution in [0.3, 0.4) is 0 Å². The molecule has 0 spiro atoms. The summed E-state index contributed by atoms with van der Waals surface area (Å²) in [5, 5.41) is 20.1. The Morgan fingerprint density at radius 1 is 0.718 bits per heavy atom. The third-order valence-corrected chi connectivity index (χ3v) is 6.60. The lowest BCUT2D eigenvalue weighted by Crippen LogP contribution is -2.30. The maximum absolute atomic E-state index is 10.1. The van der Waals surface area contributed by atoms with Crippen molar-refractivity contribution in [3.05, 3.63) is 109 Å². The van der Waals surface area contributed by atoms with Gasteiger partial charge in [-0.3, -0.25) is 4.90 Å². The number of amidine groups is 2. The lowest BCUT2D eigenvalue weighted by Gasteiger charge is -2.17. The molecule has 194 valence electrons. The molecule has 0 bridgehead atoms. The summed E-state index contributed by atoms with van der Waals surface area (Å²) in [6, 6.07) is 31.7. The van der Waals surface area contributed by atoms with Gasteiger partial charge in [0.05, 0.1) is 31.8 Å². The van der Waals surface area contributed by atoms with Crippen LogP contribution < -0.4 is 14.4 Å². The largest absolute Gasteiger partial charge is 0.507 e. The smallest absolute Gasteiger partial charge is 0.202 e. The summed E-state index contributed by atoms with van der Waals surface area (Å²) >= 11 is 1.36. The maximum atomic E-state index is 10.1. The van der Waals surface area contributed by atoms with Gasteiger partial charge in [-0.05, 0) is 84.6 Å². The van der Waals surface area contributed by atoms with Gasteiger partial charge in [0, 0.05) is 11.3 Å². The van der Waals surface area contributed by atoms with Crippen molar-refractivity contribution in [2.75, 3.05) is 19.1 Å². The zero-order chi connectivity index (χ0) is 27.0. The number of ether oxygens (including phenoxy) is 2. The molecule has 0 atom stereocenters. The van der Waals surface area contributed by atoms with Gasteiger partial charge in [-0.2, -0.15) is 5.10 Å². The van der Waals surface area contributed by atoms with Crippen LogP contribution in [0.4, 0.5) is 17.1 Å². The fraction of sp³-hybridized carbons (Fsp3) is 0.0667. The SMILES string of the molecule is COc1ccc(N=C2S/C(=N/N=C\c3ccccc3O)N(c3ccccc3)C2=Nc2ccc(OC)cc2)cc1. The monoisotopic (exact) mass is 535 g/mol. The average molecular weight is 536 g/mol. The van der Waals surface area contributed by atoms with Gasteiger partial charge >= 0.3 is 0 Å². The first kappa shape index (κ1) is 25.7. The van der Waals surface area contributed by atoms with E-state index in [9.17, 15) is 5.11 Å². The molecule has 8 nitrogen and oxygen atoms in total. The van der Waals surface area contributed by atoms with E-state index in [1.165, 1.54) is 18.0 Å². The zero-order valence-electron chi connectivity index (χ0n) is 21.3. The second kappa shape index (κ2) is 12.1. The topological polar surface area (TPSA) is 91.4 Å². The van der Waals surface area contributed by atoms with Crippen LogP contribution in [0, 0.1) is 0 Å². The molecule has 1 N–H and O–H groups in total. The van der Waals surface area contributed by atoms with Gasteiger partial charge in [0.15, 0.2) is 5.84 Å². The normalized spacial score (nSPS) is 16.5. The van der Waals surface area contributed by atoms with E-state index in [2.05, 4.69) is 10.2 Å². The molecule has 4 aromatic rings. The fourth-order valence-electron chi connectivity index (χ4n) is 3.70. The van der Waals surface area contributed by atoms with Gasteiger partial charge < -0.3 is 14.6 Å². The molecule has 9 heteroatoms. The third kappa shape index (κ3) is 6.16. The standard InChI is InChI=1S/C30H25N5O3S/c1-37-25-16-12-22(13-17-25)32-28-29(33-23-14-18-26(38-2)19-15-23)39-30(35(28)24-9-4-3-5-10-24)34-31-20-21-8-6-7-11-27(21)36/h3-20,36H,1-2H3/b31-20-,32-28?,33-29?,34-30+. The number of hydrogen-bond donors (Lipinski definition) is 1. The summed E-state index contributed by atoms with van der Waals surface area (Å²) in [7, 11) is 3.26. The molecule has 5 rings (SSSR count). The van der Waals surface area contributed by atoms with Crippen molar-refractivity contribution in [2.24, 2.45) is 20.2 Å². The number of nitrogens with zero attached hydrogens (tertiary/aromatic N) is 5. The Hall–Kier alpha value is -4.89. The molecule has 0 aliphatic carbocycles. The molecule has 39 heavy (non-hydrogen) atoms. The Balaban J connectivity index is 1.62. The number of anilines is 1. The Bertz CT molecular complexity index is 1550. The summed E-state index contributed by atoms with van der Waals surface area (Å²) in [4.78, 5) is 11.8. The number of aliphatic imine (C=N–C) groups is 2. The molecule has 1 heterocycles. The van der Waals surface area contributed by atoms with Gasteiger partial charge in [-0.25, -0.2) is 9.98 Å². The Morgan fingerprint density at radius 3 is 1.92 bits per heavy atom. The highest BCUT2D eigenvalue weighted by Gasteiger charge is 2.35. The zero-order valence-corrected chi connectivity index (χ0v) is 22.1. The molecule has 4 aromatic carbocycles. The van der Waals surface area contributed by atoms with Crippen molar-refractivity contribution in [1.82, 2.24) is 0 Å². The van der Waals surface area contributed by atoms with E-state index in [1.807, 2.05) is 89.8 Å². The molecule has 0 radical (unpaired) electrons. The number of aromatic hydroxyl groups is 1. The molecule has 1 aliphatic heterocycles. The highest BCUT2D eigenvalue weighted by Crippen LogP contribution is 2.33. The molecule has 1 saturated heterocycles. The molecule has 0 amide bonds. The lowest BCUT2D eigenvalue weighted by molar-refractivity contribution is 0.415. The van der Waals surface area contributed by atoms with Gasteiger partial charge in [0.25, 0.3) is 0 Å². The molecule has 0 saturated carbocycles. The number of rotatable bonds is 7. The first-order valence-electron chi connectivity index (χ1n) is 12.0. The first-order chi connectivity index (χ1) is 19.1. The van der Waals surface area contributed by atoms with Crippen molar-refractivity contribution >= 4 is 51.1 Å². The summed E-state index contributed by atoms with van der Waals surface area (Å²) in [6.07, 6.45) is 1.52. The van der Waals surface area contributed by atoms with Crippen LogP contribution in [0.1, 0.15) is 5.56 Å². The number of hydrogen-bond acceptors (Lipinski definition) is 8. The van der Waals surface area contributed by atoms with E-state index < -0.39 is 0 Å². The second-order valence-corrected chi connectivity index (χ2v) is 9.16. The van der Waals surface area contributed by atoms with Crippen molar-refractivity contribution in [3.8, 4) is 17.2 Å². The van der Waals surface area contributed by atoms with E-state index in [1.54, 1.807) is 32.4 Å². The van der Waals surface area contributed by atoms with Crippen LogP contribution in [-0.2, 0) is 0 Å². The second-order valence-electron chi connectivity index (χ2n) is 8.21. The highest BCUT2D eigenvalue weighted by atomic mass is 32.2. The molecule has 0 unspecified atom stereocenters. The van der Waals surface area contributed by atoms with Crippen LogP contribution in [0.2, 0.25) is 0 Å². The minimum absolute atomic E-state index is 0.129. The van der Waals surface area contributed by atoms with E-state index in [0.29, 0.717) is 21.6 Å². The van der Waals surface area contributed by atoms with Crippen LogP contribution in [0.25, 0.3) is 0 Å². The number of para-hydroxylation sites is 2. The van der Waals surface area contributed by atoms with Crippen molar-refractivity contribution in [1.29, 1.82) is 0 Å². The van der Waals surface area contributed by atoms with E-state index in [0.717, 1.165) is 28.6 Å². The van der Waals surface area contributed by atoms with Gasteiger partial charge in [-0.1, -0.05) is 30.3 Å². The number of phenolic OH excluding ortho intramolecular Hbond substituents is 1. The van der Waals surface area contributed by atoms with Gasteiger partial charge in [0.2, 0.25) is 5.17 Å². The quantitative estimate of drug-likeness (QED) is 0.207. The number of benzene rings is 4. The summed E-state index contributed by atoms with van der Waals surface area (Å²) in [5.74, 6) is 2.22. The Kier molecular flexibility index (Phi) is 7.99. The van der Waals surface area contributed by atoms with Crippen molar-refractivity contribution in [3.63, 3.8) is 0 Å². The predicted molar refractivity (Wildman–Crippen MR) is 160 cm³/mol. The van der Waals surface area contributed by atoms with Crippen LogP contribution in [0.5, 0.6) is 17.2 Å². The third-order valence-electron chi connectivity index (χ3n) is 5.68. The van der Waals surface area contributed by atoms with Crippen LogP contribution in [0.15, 0.2) is 123 Å². The van der Waals surface area contributed by atoms with Gasteiger partial charge in [-0.15, -0.1) is 5.10 Å². The average Bonchev–Trinajstić information content (AvgIpc) is 3.31. The Morgan fingerprint density at radius 2 is 1.31 bits per heavy atom. The molecular weight excluding hydrogens is 510 g/mol. The van der Waals surface area contributed by atoms with Crippen molar-refractivity contribution in [2.45, 2.75) is 0 Å². The summed E-state index contributed by atoms with van der Waals surface area (Å²) < 4.78 is 10.6. The fourth-order valence-corrected chi connectivity index (χ4v) is 4.62. The van der Waals surface area contributed by atoms with E-state index in [4.69, 9.17) is 19.5 Å². The minimum atomic E-state index is 0.129. The molecule has 0 aromatic heterocycles. The first-order valence-corrected chi connectivity index (χ1v) is 12.8. The van der Waals surface area contributed by atoms with Crippen LogP contribution in [-0.4, -0.2) is 41.6 Å². The van der Waals surface area contributed by atoms with E-state index in [-0.39, 0.29) is 5.75 Å². The number of methoxy groups -OCH3 is 2. The van der Waals surface area contributed by atoms with Gasteiger partial charge in [0.1, 0.15) is 22.3 Å². The molecule has 1 fully saturated rings. The summed E-state index contributed by atoms with van der Waals surface area (Å²) in [5.41, 5.74) is 2.89. The highest BCUT2D eigenvalue weighted by molar-refractivity contribution is 8.29. The summed E-state index contributed by atoms with van der Waals surface area (Å²) in [6.45, 7) is 0. The Labute approximate surface area is 230 Å². The predicted octanol–water partition coefficient (Wildman–Crippen LogP) is 6.81. The van der Waals surface area contributed by atoms with E-state index >= 15 is 0 Å². The molecular formula is C30H25N5O3S. The van der Waals surface area contributed by atoms with Crippen LogP contribution >= 0.6 is 11.8 Å². The number of phenols is 1. The number of thioether (sulfide) groups is 1. The maximum Gasteiger partial charge on any atom is 0.202 e. The lowest BCUT2D eigenvalue weighted by atomic mass is 10.2.